The van der Waals surface area contributed by atoms with Crippen LogP contribution in [0.1, 0.15) is 23.1 Å². The Morgan fingerprint density at radius 2 is 1.74 bits per heavy atom. The van der Waals surface area contributed by atoms with E-state index in [0.29, 0.717) is 13.0 Å². The monoisotopic (exact) mass is 384 g/mol. The number of thioether (sulfide) groups is 1. The summed E-state index contributed by atoms with van der Waals surface area (Å²) in [6.45, 7) is 5.15. The SMILES string of the molecule is O=C(CCSCc1ccccc1)NCc1cccc(CN2CCOCC2)c1. The molecule has 1 fully saturated rings. The fraction of sp³-hybridized carbons (Fsp3) is 0.409. The number of ether oxygens (including phenoxy) is 1. The van der Waals surface area contributed by atoms with Crippen molar-refractivity contribution in [3.8, 4) is 0 Å². The summed E-state index contributed by atoms with van der Waals surface area (Å²) in [7, 11) is 0. The van der Waals surface area contributed by atoms with Gasteiger partial charge in [-0.2, -0.15) is 11.8 Å². The van der Waals surface area contributed by atoms with Crippen LogP contribution in [0.25, 0.3) is 0 Å². The Morgan fingerprint density at radius 1 is 1.00 bits per heavy atom. The third-order valence-corrected chi connectivity index (χ3v) is 5.61. The van der Waals surface area contributed by atoms with Crippen molar-refractivity contribution in [2.75, 3.05) is 32.1 Å². The molecule has 1 amide bonds. The number of nitrogens with one attached hydrogen (secondary N) is 1. The number of carbonyl (C=O) groups is 1. The standard InChI is InChI=1S/C22H28N2O2S/c25-22(9-14-27-18-19-5-2-1-3-6-19)23-16-20-7-4-8-21(15-20)17-24-10-12-26-13-11-24/h1-8,15H,9-14,16-18H2,(H,23,25). The molecule has 0 unspecified atom stereocenters. The largest absolute Gasteiger partial charge is 0.379 e. The van der Waals surface area contributed by atoms with E-state index in [1.807, 2.05) is 6.07 Å². The van der Waals surface area contributed by atoms with Crippen LogP contribution in [0.3, 0.4) is 0 Å². The smallest absolute Gasteiger partial charge is 0.221 e. The van der Waals surface area contributed by atoms with E-state index in [0.717, 1.165) is 49.9 Å². The van der Waals surface area contributed by atoms with Crippen molar-refractivity contribution < 1.29 is 9.53 Å². The van der Waals surface area contributed by atoms with Crippen molar-refractivity contribution in [2.45, 2.75) is 25.3 Å². The van der Waals surface area contributed by atoms with Crippen LogP contribution in [0.5, 0.6) is 0 Å². The summed E-state index contributed by atoms with van der Waals surface area (Å²) in [5.74, 6) is 1.92. The topological polar surface area (TPSA) is 41.6 Å². The van der Waals surface area contributed by atoms with Crippen LogP contribution >= 0.6 is 11.8 Å². The fourth-order valence-corrected chi connectivity index (χ4v) is 3.98. The van der Waals surface area contributed by atoms with Gasteiger partial charge in [-0.1, -0.05) is 54.6 Å². The summed E-state index contributed by atoms with van der Waals surface area (Å²) in [6, 6.07) is 18.9. The molecule has 144 valence electrons. The third kappa shape index (κ3) is 7.37. The number of carbonyl (C=O) groups excluding carboxylic acids is 1. The fourth-order valence-electron chi connectivity index (χ4n) is 3.07. The normalized spacial score (nSPS) is 14.8. The lowest BCUT2D eigenvalue weighted by atomic mass is 10.1. The van der Waals surface area contributed by atoms with Crippen molar-refractivity contribution in [3.05, 3.63) is 71.3 Å². The molecule has 0 spiro atoms. The quantitative estimate of drug-likeness (QED) is 0.673. The Hall–Kier alpha value is -1.82. The average Bonchev–Trinajstić information content (AvgIpc) is 2.71. The minimum atomic E-state index is 0.120. The van der Waals surface area contributed by atoms with Crippen molar-refractivity contribution in [3.63, 3.8) is 0 Å². The van der Waals surface area contributed by atoms with Crippen LogP contribution in [-0.4, -0.2) is 42.9 Å². The van der Waals surface area contributed by atoms with Gasteiger partial charge < -0.3 is 10.1 Å². The molecule has 2 aromatic carbocycles. The number of hydrogen-bond donors (Lipinski definition) is 1. The highest BCUT2D eigenvalue weighted by molar-refractivity contribution is 7.98. The van der Waals surface area contributed by atoms with E-state index in [1.54, 1.807) is 11.8 Å². The van der Waals surface area contributed by atoms with Gasteiger partial charge in [-0.05, 0) is 16.7 Å². The highest BCUT2D eigenvalue weighted by Gasteiger charge is 2.11. The van der Waals surface area contributed by atoms with Gasteiger partial charge in [0, 0.05) is 44.1 Å². The first-order valence-corrected chi connectivity index (χ1v) is 10.7. The zero-order chi connectivity index (χ0) is 18.7. The van der Waals surface area contributed by atoms with Crippen molar-refractivity contribution in [1.82, 2.24) is 10.2 Å². The lowest BCUT2D eigenvalue weighted by molar-refractivity contribution is -0.120. The second-order valence-corrected chi connectivity index (χ2v) is 7.88. The predicted molar refractivity (Wildman–Crippen MR) is 112 cm³/mol. The molecule has 0 radical (unpaired) electrons. The average molecular weight is 385 g/mol. The summed E-state index contributed by atoms with van der Waals surface area (Å²) >= 11 is 1.80. The Kier molecular flexibility index (Phi) is 8.21. The zero-order valence-electron chi connectivity index (χ0n) is 15.7. The van der Waals surface area contributed by atoms with E-state index in [1.165, 1.54) is 11.1 Å². The molecule has 1 heterocycles. The molecule has 0 atom stereocenters. The summed E-state index contributed by atoms with van der Waals surface area (Å²) in [4.78, 5) is 14.5. The van der Waals surface area contributed by atoms with Gasteiger partial charge in [-0.3, -0.25) is 9.69 Å². The first-order valence-electron chi connectivity index (χ1n) is 9.56. The summed E-state index contributed by atoms with van der Waals surface area (Å²) < 4.78 is 5.40. The maximum Gasteiger partial charge on any atom is 0.221 e. The molecule has 0 bridgehead atoms. The predicted octanol–water partition coefficient (Wildman–Crippen LogP) is 3.46. The van der Waals surface area contributed by atoms with Crippen LogP contribution in [0, 0.1) is 0 Å². The molecule has 1 aliphatic heterocycles. The molecular weight excluding hydrogens is 356 g/mol. The number of amides is 1. The highest BCUT2D eigenvalue weighted by Crippen LogP contribution is 2.13. The lowest BCUT2D eigenvalue weighted by Gasteiger charge is -2.26. The number of rotatable bonds is 9. The molecule has 0 aromatic heterocycles. The first kappa shape index (κ1) is 19.9. The summed E-state index contributed by atoms with van der Waals surface area (Å²) in [6.07, 6.45) is 0.560. The number of nitrogens with zero attached hydrogens (tertiary/aromatic N) is 1. The minimum absolute atomic E-state index is 0.120. The molecule has 1 aliphatic rings. The maximum absolute atomic E-state index is 12.1. The van der Waals surface area contributed by atoms with Gasteiger partial charge in [0.05, 0.1) is 13.2 Å². The van der Waals surface area contributed by atoms with Crippen LogP contribution in [0.15, 0.2) is 54.6 Å². The van der Waals surface area contributed by atoms with E-state index in [9.17, 15) is 4.79 Å². The molecule has 5 heteroatoms. The lowest BCUT2D eigenvalue weighted by Crippen LogP contribution is -2.35. The van der Waals surface area contributed by atoms with Gasteiger partial charge in [0.2, 0.25) is 5.91 Å². The molecule has 0 aliphatic carbocycles. The second kappa shape index (κ2) is 11.1. The molecule has 3 rings (SSSR count). The van der Waals surface area contributed by atoms with Gasteiger partial charge >= 0.3 is 0 Å². The maximum atomic E-state index is 12.1. The van der Waals surface area contributed by atoms with E-state index in [4.69, 9.17) is 4.74 Å². The summed E-state index contributed by atoms with van der Waals surface area (Å²) in [5, 5.41) is 3.04. The van der Waals surface area contributed by atoms with Crippen LogP contribution < -0.4 is 5.32 Å². The van der Waals surface area contributed by atoms with E-state index >= 15 is 0 Å². The third-order valence-electron chi connectivity index (χ3n) is 4.58. The Balaban J connectivity index is 1.35. The molecule has 1 saturated heterocycles. The van der Waals surface area contributed by atoms with Crippen LogP contribution in [0.2, 0.25) is 0 Å². The molecule has 2 aromatic rings. The van der Waals surface area contributed by atoms with E-state index in [2.05, 4.69) is 58.7 Å². The molecular formula is C22H28N2O2S. The zero-order valence-corrected chi connectivity index (χ0v) is 16.5. The number of benzene rings is 2. The number of morpholine rings is 1. The molecule has 1 N–H and O–H groups in total. The first-order chi connectivity index (χ1) is 13.3. The Morgan fingerprint density at radius 3 is 2.56 bits per heavy atom. The van der Waals surface area contributed by atoms with Gasteiger partial charge in [-0.25, -0.2) is 0 Å². The van der Waals surface area contributed by atoms with Crippen molar-refractivity contribution in [2.24, 2.45) is 0 Å². The van der Waals surface area contributed by atoms with Gasteiger partial charge in [0.1, 0.15) is 0 Å². The van der Waals surface area contributed by atoms with Crippen molar-refractivity contribution >= 4 is 17.7 Å². The second-order valence-electron chi connectivity index (χ2n) is 6.77. The van der Waals surface area contributed by atoms with E-state index < -0.39 is 0 Å². The Labute approximate surface area is 166 Å². The van der Waals surface area contributed by atoms with Gasteiger partial charge in [0.15, 0.2) is 0 Å². The van der Waals surface area contributed by atoms with Crippen molar-refractivity contribution in [1.29, 1.82) is 0 Å². The molecule has 4 nitrogen and oxygen atoms in total. The summed E-state index contributed by atoms with van der Waals surface area (Å²) in [5.41, 5.74) is 3.76. The molecule has 27 heavy (non-hydrogen) atoms. The Bertz CT molecular complexity index is 702. The highest BCUT2D eigenvalue weighted by atomic mass is 32.2. The van der Waals surface area contributed by atoms with E-state index in [-0.39, 0.29) is 5.91 Å². The molecule has 0 saturated carbocycles. The minimum Gasteiger partial charge on any atom is -0.379 e. The van der Waals surface area contributed by atoms with Crippen LogP contribution in [0.4, 0.5) is 0 Å². The van der Waals surface area contributed by atoms with Crippen LogP contribution in [-0.2, 0) is 28.4 Å². The van der Waals surface area contributed by atoms with Gasteiger partial charge in [0.25, 0.3) is 0 Å². The number of hydrogen-bond acceptors (Lipinski definition) is 4. The van der Waals surface area contributed by atoms with Gasteiger partial charge in [-0.15, -0.1) is 0 Å².